The number of aromatic hydroxyl groups is 2. The van der Waals surface area contributed by atoms with Gasteiger partial charge in [-0.05, 0) is 47.2 Å². The molecule has 0 radical (unpaired) electrons. The van der Waals surface area contributed by atoms with Gasteiger partial charge in [-0.2, -0.15) is 0 Å². The molecule has 0 aliphatic rings. The second-order valence-corrected chi connectivity index (χ2v) is 9.01. The summed E-state index contributed by atoms with van der Waals surface area (Å²) in [5, 5.41) is 21.1. The molecule has 0 amide bonds. The molecule has 0 saturated heterocycles. The van der Waals surface area contributed by atoms with Crippen molar-refractivity contribution in [3.05, 3.63) is 131 Å². The molecule has 2 atom stereocenters. The second-order valence-electron chi connectivity index (χ2n) is 7.60. The minimum absolute atomic E-state index is 0.158. The van der Waals surface area contributed by atoms with E-state index in [0.717, 1.165) is 24.0 Å². The Labute approximate surface area is 188 Å². The highest BCUT2D eigenvalue weighted by molar-refractivity contribution is 7.99. The van der Waals surface area contributed by atoms with E-state index in [9.17, 15) is 10.2 Å². The summed E-state index contributed by atoms with van der Waals surface area (Å²) in [4.78, 5) is 0. The highest BCUT2D eigenvalue weighted by atomic mass is 32.2. The first-order chi connectivity index (χ1) is 15.2. The zero-order chi connectivity index (χ0) is 21.5. The van der Waals surface area contributed by atoms with Crippen LogP contribution in [0.2, 0.25) is 0 Å². The lowest BCUT2D eigenvalue weighted by Crippen LogP contribution is -2.06. The summed E-state index contributed by atoms with van der Waals surface area (Å²) in [5.41, 5.74) is 4.35. The molecule has 0 heterocycles. The average molecular weight is 427 g/mol. The Morgan fingerprint density at radius 1 is 0.484 bits per heavy atom. The summed E-state index contributed by atoms with van der Waals surface area (Å²) in [7, 11) is 0. The molecule has 4 rings (SSSR count). The molecule has 0 saturated carbocycles. The van der Waals surface area contributed by atoms with Crippen LogP contribution < -0.4 is 0 Å². The number of para-hydroxylation sites is 2. The van der Waals surface area contributed by atoms with Crippen molar-refractivity contribution < 1.29 is 10.2 Å². The average Bonchev–Trinajstić information content (AvgIpc) is 2.82. The van der Waals surface area contributed by atoms with Gasteiger partial charge < -0.3 is 10.2 Å². The van der Waals surface area contributed by atoms with Crippen LogP contribution in [-0.4, -0.2) is 10.2 Å². The highest BCUT2D eigenvalue weighted by Crippen LogP contribution is 2.45. The number of thioether (sulfide) groups is 1. The Hall–Kier alpha value is -3.17. The molecule has 4 aromatic rings. The quantitative estimate of drug-likeness (QED) is 0.316. The van der Waals surface area contributed by atoms with Gasteiger partial charge in [-0.1, -0.05) is 97.1 Å². The largest absolute Gasteiger partial charge is 0.508 e. The molecule has 4 aromatic carbocycles. The molecule has 0 aliphatic heterocycles. The van der Waals surface area contributed by atoms with Gasteiger partial charge in [-0.3, -0.25) is 0 Å². The zero-order valence-corrected chi connectivity index (χ0v) is 18.1. The Bertz CT molecular complexity index is 1010. The molecule has 0 aliphatic carbocycles. The molecule has 0 spiro atoms. The number of rotatable bonds is 8. The van der Waals surface area contributed by atoms with Crippen molar-refractivity contribution in [2.45, 2.75) is 23.3 Å². The van der Waals surface area contributed by atoms with Crippen LogP contribution in [0.5, 0.6) is 11.5 Å². The molecular formula is C28H26O2S. The lowest BCUT2D eigenvalue weighted by molar-refractivity contribution is 0.467. The van der Waals surface area contributed by atoms with Crippen LogP contribution in [-0.2, 0) is 12.8 Å². The maximum absolute atomic E-state index is 10.4. The van der Waals surface area contributed by atoms with Crippen molar-refractivity contribution >= 4 is 11.8 Å². The molecule has 2 nitrogen and oxygen atoms in total. The highest BCUT2D eigenvalue weighted by Gasteiger charge is 2.23. The van der Waals surface area contributed by atoms with Crippen molar-refractivity contribution in [1.82, 2.24) is 0 Å². The molecule has 156 valence electrons. The third-order valence-electron chi connectivity index (χ3n) is 5.47. The van der Waals surface area contributed by atoms with Gasteiger partial charge in [-0.15, -0.1) is 11.8 Å². The summed E-state index contributed by atoms with van der Waals surface area (Å²) in [6, 6.07) is 36.1. The van der Waals surface area contributed by atoms with Crippen LogP contribution in [0.15, 0.2) is 109 Å². The van der Waals surface area contributed by atoms with Crippen LogP contribution in [0, 0.1) is 0 Å². The van der Waals surface area contributed by atoms with E-state index in [1.807, 2.05) is 60.3 Å². The fraction of sp³-hybridized carbons (Fsp3) is 0.143. The van der Waals surface area contributed by atoms with Crippen molar-refractivity contribution in [1.29, 1.82) is 0 Å². The van der Waals surface area contributed by atoms with Gasteiger partial charge in [0.15, 0.2) is 0 Å². The first-order valence-electron chi connectivity index (χ1n) is 10.5. The number of phenols is 2. The molecule has 0 aromatic heterocycles. The van der Waals surface area contributed by atoms with Crippen molar-refractivity contribution in [3.8, 4) is 11.5 Å². The van der Waals surface area contributed by atoms with Crippen LogP contribution in [0.25, 0.3) is 0 Å². The minimum atomic E-state index is 0.158. The van der Waals surface area contributed by atoms with Gasteiger partial charge in [0, 0.05) is 10.5 Å². The van der Waals surface area contributed by atoms with E-state index >= 15 is 0 Å². The molecule has 0 bridgehead atoms. The lowest BCUT2D eigenvalue weighted by atomic mass is 10.0. The van der Waals surface area contributed by atoms with Crippen molar-refractivity contribution in [3.63, 3.8) is 0 Å². The Balaban J connectivity index is 1.68. The predicted octanol–water partition coefficient (Wildman–Crippen LogP) is 7.10. The second kappa shape index (κ2) is 10.2. The van der Waals surface area contributed by atoms with Crippen LogP contribution in [0.1, 0.15) is 32.8 Å². The van der Waals surface area contributed by atoms with E-state index in [1.54, 1.807) is 12.1 Å². The zero-order valence-electron chi connectivity index (χ0n) is 17.3. The Morgan fingerprint density at radius 3 is 1.23 bits per heavy atom. The van der Waals surface area contributed by atoms with Crippen LogP contribution in [0.3, 0.4) is 0 Å². The molecular weight excluding hydrogens is 400 g/mol. The SMILES string of the molecule is Oc1ccccc1CC(SC(Cc1ccccc1O)c1ccccc1)c1ccccc1. The van der Waals surface area contributed by atoms with Gasteiger partial charge >= 0.3 is 0 Å². The fourth-order valence-electron chi connectivity index (χ4n) is 3.79. The molecule has 3 heteroatoms. The first-order valence-corrected chi connectivity index (χ1v) is 11.4. The summed E-state index contributed by atoms with van der Waals surface area (Å²) < 4.78 is 0. The summed E-state index contributed by atoms with van der Waals surface area (Å²) in [5.74, 6) is 0.669. The predicted molar refractivity (Wildman–Crippen MR) is 130 cm³/mol. The summed E-state index contributed by atoms with van der Waals surface area (Å²) >= 11 is 1.88. The first kappa shape index (κ1) is 21.1. The Morgan fingerprint density at radius 2 is 0.839 bits per heavy atom. The standard InChI is InChI=1S/C28H26O2S/c29-25-17-9-7-15-23(25)19-27(21-11-3-1-4-12-21)31-28(22-13-5-2-6-14-22)20-24-16-8-10-18-26(24)30/h1-18,27-30H,19-20H2. The molecule has 2 N–H and O–H groups in total. The molecule has 31 heavy (non-hydrogen) atoms. The van der Waals surface area contributed by atoms with Crippen LogP contribution in [0.4, 0.5) is 0 Å². The van der Waals surface area contributed by atoms with Gasteiger partial charge in [0.1, 0.15) is 11.5 Å². The third kappa shape index (κ3) is 5.50. The van der Waals surface area contributed by atoms with E-state index in [4.69, 9.17) is 0 Å². The normalized spacial score (nSPS) is 12.9. The minimum Gasteiger partial charge on any atom is -0.508 e. The summed E-state index contributed by atoms with van der Waals surface area (Å²) in [6.07, 6.45) is 1.46. The summed E-state index contributed by atoms with van der Waals surface area (Å²) in [6.45, 7) is 0. The molecule has 2 unspecified atom stereocenters. The van der Waals surface area contributed by atoms with Crippen molar-refractivity contribution in [2.24, 2.45) is 0 Å². The fourth-order valence-corrected chi connectivity index (χ4v) is 5.37. The number of hydrogen-bond acceptors (Lipinski definition) is 3. The molecule has 0 fully saturated rings. The van der Waals surface area contributed by atoms with Gasteiger partial charge in [-0.25, -0.2) is 0 Å². The van der Waals surface area contributed by atoms with E-state index < -0.39 is 0 Å². The smallest absolute Gasteiger partial charge is 0.118 e. The van der Waals surface area contributed by atoms with Gasteiger partial charge in [0.2, 0.25) is 0 Å². The van der Waals surface area contributed by atoms with E-state index in [2.05, 4.69) is 48.5 Å². The lowest BCUT2D eigenvalue weighted by Gasteiger charge is -2.25. The third-order valence-corrected chi connectivity index (χ3v) is 7.00. The number of phenolic OH excluding ortho intramolecular Hbond substituents is 2. The Kier molecular flexibility index (Phi) is 6.96. The van der Waals surface area contributed by atoms with Gasteiger partial charge in [0.25, 0.3) is 0 Å². The maximum atomic E-state index is 10.4. The van der Waals surface area contributed by atoms with Crippen molar-refractivity contribution in [2.75, 3.05) is 0 Å². The monoisotopic (exact) mass is 426 g/mol. The maximum Gasteiger partial charge on any atom is 0.118 e. The van der Waals surface area contributed by atoms with E-state index in [1.165, 1.54) is 11.1 Å². The van der Waals surface area contributed by atoms with Gasteiger partial charge in [0.05, 0.1) is 0 Å². The number of benzene rings is 4. The topological polar surface area (TPSA) is 40.5 Å². The van der Waals surface area contributed by atoms with E-state index in [0.29, 0.717) is 11.5 Å². The van der Waals surface area contributed by atoms with Crippen LogP contribution >= 0.6 is 11.8 Å². The number of hydrogen-bond donors (Lipinski definition) is 2. The van der Waals surface area contributed by atoms with E-state index in [-0.39, 0.29) is 10.5 Å².